The predicted molar refractivity (Wildman–Crippen MR) is 91.7 cm³/mol. The van der Waals surface area contributed by atoms with Gasteiger partial charge in [0.2, 0.25) is 0 Å². The Morgan fingerprint density at radius 2 is 1.56 bits per heavy atom. The van der Waals surface area contributed by atoms with Crippen molar-refractivity contribution < 1.29 is 17.9 Å². The standard InChI is InChI=1S/C20H22F3NO/c1-25-16-11-9-15(10-12-16)19(24-13-5-2-6-14-24)17-7-3-4-8-18(17)20(21,22)23/h3-4,7-12,19H,2,5-6,13-14H2,1H3. The van der Waals surface area contributed by atoms with Crippen molar-refractivity contribution >= 4 is 0 Å². The highest BCUT2D eigenvalue weighted by Crippen LogP contribution is 2.40. The van der Waals surface area contributed by atoms with Crippen LogP contribution in [0, 0.1) is 0 Å². The second kappa shape index (κ2) is 7.48. The van der Waals surface area contributed by atoms with Gasteiger partial charge in [-0.2, -0.15) is 13.2 Å². The molecule has 0 saturated carbocycles. The van der Waals surface area contributed by atoms with Gasteiger partial charge in [-0.25, -0.2) is 0 Å². The first-order chi connectivity index (χ1) is 12.0. The quantitative estimate of drug-likeness (QED) is 0.744. The number of likely N-dealkylation sites (tertiary alicyclic amines) is 1. The number of rotatable bonds is 4. The van der Waals surface area contributed by atoms with Gasteiger partial charge in [0.15, 0.2) is 0 Å². The first kappa shape index (κ1) is 17.8. The predicted octanol–water partition coefficient (Wildman–Crippen LogP) is 5.29. The van der Waals surface area contributed by atoms with E-state index in [1.807, 2.05) is 24.3 Å². The Bertz CT molecular complexity index is 691. The zero-order chi connectivity index (χ0) is 17.9. The van der Waals surface area contributed by atoms with Crippen LogP contribution in [0.2, 0.25) is 0 Å². The third-order valence-corrected chi connectivity index (χ3v) is 4.75. The molecule has 1 saturated heterocycles. The molecular formula is C20H22F3NO. The molecule has 0 amide bonds. The largest absolute Gasteiger partial charge is 0.497 e. The van der Waals surface area contributed by atoms with Crippen molar-refractivity contribution in [3.8, 4) is 5.75 Å². The molecule has 0 aliphatic carbocycles. The number of halogens is 3. The molecule has 2 aromatic rings. The van der Waals surface area contributed by atoms with Crippen molar-refractivity contribution in [1.82, 2.24) is 4.90 Å². The smallest absolute Gasteiger partial charge is 0.416 e. The number of benzene rings is 2. The van der Waals surface area contributed by atoms with Crippen LogP contribution >= 0.6 is 0 Å². The van der Waals surface area contributed by atoms with Crippen molar-refractivity contribution in [2.45, 2.75) is 31.5 Å². The van der Waals surface area contributed by atoms with Gasteiger partial charge in [0, 0.05) is 0 Å². The lowest BCUT2D eigenvalue weighted by Gasteiger charge is -2.36. The van der Waals surface area contributed by atoms with Crippen LogP contribution in [-0.2, 0) is 6.18 Å². The summed E-state index contributed by atoms with van der Waals surface area (Å²) in [5.74, 6) is 0.699. The number of hydrogen-bond acceptors (Lipinski definition) is 2. The number of piperidine rings is 1. The maximum Gasteiger partial charge on any atom is 0.416 e. The number of ether oxygens (including phenoxy) is 1. The minimum absolute atomic E-state index is 0.321. The van der Waals surface area contributed by atoms with E-state index >= 15 is 0 Å². The maximum absolute atomic E-state index is 13.6. The Labute approximate surface area is 146 Å². The number of hydrogen-bond donors (Lipinski definition) is 0. The highest BCUT2D eigenvalue weighted by molar-refractivity contribution is 5.40. The van der Waals surface area contributed by atoms with Crippen molar-refractivity contribution in [3.63, 3.8) is 0 Å². The average Bonchev–Trinajstić information content (AvgIpc) is 2.63. The van der Waals surface area contributed by atoms with E-state index in [9.17, 15) is 13.2 Å². The molecule has 0 aromatic heterocycles. The molecule has 1 aliphatic rings. The van der Waals surface area contributed by atoms with Gasteiger partial charge in [0.1, 0.15) is 5.75 Å². The Morgan fingerprint density at radius 1 is 0.920 bits per heavy atom. The normalized spacial score (nSPS) is 17.3. The Kier molecular flexibility index (Phi) is 5.33. The molecule has 1 aliphatic heterocycles. The van der Waals surface area contributed by atoms with E-state index in [4.69, 9.17) is 4.74 Å². The Balaban J connectivity index is 2.08. The van der Waals surface area contributed by atoms with Crippen LogP contribution in [0.25, 0.3) is 0 Å². The summed E-state index contributed by atoms with van der Waals surface area (Å²) >= 11 is 0. The molecule has 1 atom stereocenters. The number of methoxy groups -OCH3 is 1. The molecule has 25 heavy (non-hydrogen) atoms. The van der Waals surface area contributed by atoms with Crippen molar-refractivity contribution in [2.24, 2.45) is 0 Å². The molecule has 0 radical (unpaired) electrons. The van der Waals surface area contributed by atoms with Crippen molar-refractivity contribution in [1.29, 1.82) is 0 Å². The van der Waals surface area contributed by atoms with Gasteiger partial charge < -0.3 is 4.74 Å². The van der Waals surface area contributed by atoms with E-state index in [1.165, 1.54) is 12.1 Å². The molecule has 134 valence electrons. The molecule has 2 aromatic carbocycles. The molecule has 0 spiro atoms. The summed E-state index contributed by atoms with van der Waals surface area (Å²) in [4.78, 5) is 2.16. The average molecular weight is 349 g/mol. The minimum atomic E-state index is -4.36. The van der Waals surface area contributed by atoms with E-state index in [0.717, 1.165) is 37.9 Å². The van der Waals surface area contributed by atoms with Gasteiger partial charge >= 0.3 is 6.18 Å². The summed E-state index contributed by atoms with van der Waals surface area (Å²) in [5.41, 5.74) is 0.628. The molecule has 1 heterocycles. The van der Waals surface area contributed by atoms with Crippen LogP contribution in [0.3, 0.4) is 0 Å². The van der Waals surface area contributed by atoms with E-state index in [2.05, 4.69) is 4.90 Å². The van der Waals surface area contributed by atoms with Crippen LogP contribution in [0.15, 0.2) is 48.5 Å². The fourth-order valence-electron chi connectivity index (χ4n) is 3.54. The van der Waals surface area contributed by atoms with Gasteiger partial charge in [-0.1, -0.05) is 36.8 Å². The third kappa shape index (κ3) is 3.98. The molecule has 0 bridgehead atoms. The summed E-state index contributed by atoms with van der Waals surface area (Å²) in [7, 11) is 1.58. The van der Waals surface area contributed by atoms with E-state index in [0.29, 0.717) is 11.3 Å². The van der Waals surface area contributed by atoms with Gasteiger partial charge in [-0.05, 0) is 55.3 Å². The fourth-order valence-corrected chi connectivity index (χ4v) is 3.54. The van der Waals surface area contributed by atoms with Crippen LogP contribution in [0.5, 0.6) is 5.75 Å². The topological polar surface area (TPSA) is 12.5 Å². The van der Waals surface area contributed by atoms with Gasteiger partial charge in [-0.3, -0.25) is 4.90 Å². The van der Waals surface area contributed by atoms with Crippen LogP contribution in [0.4, 0.5) is 13.2 Å². The summed E-state index contributed by atoms with van der Waals surface area (Å²) in [5, 5.41) is 0. The summed E-state index contributed by atoms with van der Waals surface area (Å²) in [6.07, 6.45) is -1.20. The summed E-state index contributed by atoms with van der Waals surface area (Å²) < 4.78 is 45.9. The van der Waals surface area contributed by atoms with Crippen molar-refractivity contribution in [3.05, 3.63) is 65.2 Å². The molecule has 0 N–H and O–H groups in total. The first-order valence-electron chi connectivity index (χ1n) is 8.55. The van der Waals surface area contributed by atoms with Crippen molar-refractivity contribution in [2.75, 3.05) is 20.2 Å². The summed E-state index contributed by atoms with van der Waals surface area (Å²) in [6.45, 7) is 1.62. The van der Waals surface area contributed by atoms with Gasteiger partial charge in [-0.15, -0.1) is 0 Å². The molecule has 3 rings (SSSR count). The molecule has 2 nitrogen and oxygen atoms in total. The summed E-state index contributed by atoms with van der Waals surface area (Å²) in [6, 6.07) is 12.9. The monoisotopic (exact) mass is 349 g/mol. The second-order valence-corrected chi connectivity index (χ2v) is 6.36. The lowest BCUT2D eigenvalue weighted by Crippen LogP contribution is -2.35. The van der Waals surface area contributed by atoms with Gasteiger partial charge in [0.05, 0.1) is 18.7 Å². The van der Waals surface area contributed by atoms with E-state index in [1.54, 1.807) is 19.2 Å². The van der Waals surface area contributed by atoms with Crippen LogP contribution in [0.1, 0.15) is 42.0 Å². The molecular weight excluding hydrogens is 327 g/mol. The van der Waals surface area contributed by atoms with E-state index < -0.39 is 17.8 Å². The minimum Gasteiger partial charge on any atom is -0.497 e. The van der Waals surface area contributed by atoms with Crippen LogP contribution < -0.4 is 4.74 Å². The van der Waals surface area contributed by atoms with Gasteiger partial charge in [0.25, 0.3) is 0 Å². The lowest BCUT2D eigenvalue weighted by atomic mass is 9.91. The highest BCUT2D eigenvalue weighted by Gasteiger charge is 2.37. The zero-order valence-electron chi connectivity index (χ0n) is 14.2. The first-order valence-corrected chi connectivity index (χ1v) is 8.55. The SMILES string of the molecule is COc1ccc(C(c2ccccc2C(F)(F)F)N2CCCCC2)cc1. The molecule has 1 unspecified atom stereocenters. The van der Waals surface area contributed by atoms with E-state index in [-0.39, 0.29) is 0 Å². The Morgan fingerprint density at radius 3 is 2.16 bits per heavy atom. The number of nitrogens with zero attached hydrogens (tertiary/aromatic N) is 1. The zero-order valence-corrected chi connectivity index (χ0v) is 14.2. The third-order valence-electron chi connectivity index (χ3n) is 4.75. The number of alkyl halides is 3. The maximum atomic E-state index is 13.6. The Hall–Kier alpha value is -2.01. The molecule has 5 heteroatoms. The fraction of sp³-hybridized carbons (Fsp3) is 0.400. The van der Waals surface area contributed by atoms with Crippen LogP contribution in [-0.4, -0.2) is 25.1 Å². The lowest BCUT2D eigenvalue weighted by molar-refractivity contribution is -0.138. The highest BCUT2D eigenvalue weighted by atomic mass is 19.4. The second-order valence-electron chi connectivity index (χ2n) is 6.36. The molecule has 1 fully saturated rings.